The quantitative estimate of drug-likeness (QED) is 0.759. The van der Waals surface area contributed by atoms with Gasteiger partial charge in [-0.2, -0.15) is 0 Å². The Hall–Kier alpha value is -0.830. The molecule has 0 spiro atoms. The molecule has 0 saturated heterocycles. The lowest BCUT2D eigenvalue weighted by Gasteiger charge is -2.07. The molecule has 0 saturated carbocycles. The fourth-order valence-corrected chi connectivity index (χ4v) is 1.64. The zero-order chi connectivity index (χ0) is 10.7. The standard InChI is InChI=1S/C11H12BrO2/c1-7(2)8-4-5-9(10(12)6-8)11(13)14-3/h4-6H,1-3H3. The van der Waals surface area contributed by atoms with Gasteiger partial charge < -0.3 is 4.74 Å². The minimum atomic E-state index is -0.322. The van der Waals surface area contributed by atoms with Crippen LogP contribution < -0.4 is 0 Å². The topological polar surface area (TPSA) is 26.3 Å². The van der Waals surface area contributed by atoms with E-state index in [2.05, 4.69) is 20.7 Å². The molecule has 75 valence electrons. The highest BCUT2D eigenvalue weighted by molar-refractivity contribution is 9.10. The van der Waals surface area contributed by atoms with Gasteiger partial charge in [0.15, 0.2) is 0 Å². The second kappa shape index (κ2) is 4.60. The van der Waals surface area contributed by atoms with Crippen LogP contribution in [-0.4, -0.2) is 13.1 Å². The number of ether oxygens (including phenoxy) is 1. The molecule has 0 aliphatic rings. The number of hydrogen-bond donors (Lipinski definition) is 0. The molecule has 0 amide bonds. The van der Waals surface area contributed by atoms with E-state index in [4.69, 9.17) is 0 Å². The van der Waals surface area contributed by atoms with Crippen LogP contribution in [0.5, 0.6) is 0 Å². The largest absolute Gasteiger partial charge is 0.465 e. The molecule has 1 rings (SSSR count). The Bertz CT molecular complexity index is 345. The molecule has 0 aromatic heterocycles. The van der Waals surface area contributed by atoms with Gasteiger partial charge in [0.2, 0.25) is 0 Å². The van der Waals surface area contributed by atoms with E-state index in [0.717, 1.165) is 10.0 Å². The molecule has 1 aromatic rings. The molecule has 0 N–H and O–H groups in total. The monoisotopic (exact) mass is 255 g/mol. The highest BCUT2D eigenvalue weighted by atomic mass is 79.9. The third-order valence-electron chi connectivity index (χ3n) is 1.95. The summed E-state index contributed by atoms with van der Waals surface area (Å²) in [6.07, 6.45) is 0. The van der Waals surface area contributed by atoms with Crippen LogP contribution in [0, 0.1) is 5.92 Å². The Morgan fingerprint density at radius 1 is 1.36 bits per heavy atom. The van der Waals surface area contributed by atoms with Crippen LogP contribution in [-0.2, 0) is 4.74 Å². The first kappa shape index (κ1) is 11.2. The van der Waals surface area contributed by atoms with E-state index in [1.807, 2.05) is 26.0 Å². The van der Waals surface area contributed by atoms with Crippen molar-refractivity contribution in [3.05, 3.63) is 39.7 Å². The molecule has 1 aromatic carbocycles. The normalized spacial score (nSPS) is 10.4. The third-order valence-corrected chi connectivity index (χ3v) is 2.61. The molecular formula is C11H12BrO2. The molecule has 0 atom stereocenters. The van der Waals surface area contributed by atoms with E-state index >= 15 is 0 Å². The number of rotatable bonds is 2. The summed E-state index contributed by atoms with van der Waals surface area (Å²) in [5, 5.41) is 0. The van der Waals surface area contributed by atoms with Crippen LogP contribution in [0.4, 0.5) is 0 Å². The van der Waals surface area contributed by atoms with Crippen LogP contribution in [0.1, 0.15) is 29.8 Å². The number of benzene rings is 1. The summed E-state index contributed by atoms with van der Waals surface area (Å²) in [5.74, 6) is 0.888. The maximum Gasteiger partial charge on any atom is 0.338 e. The van der Waals surface area contributed by atoms with Crippen molar-refractivity contribution in [2.75, 3.05) is 7.11 Å². The molecule has 1 radical (unpaired) electrons. The molecule has 0 heterocycles. The zero-order valence-corrected chi connectivity index (χ0v) is 10.0. The lowest BCUT2D eigenvalue weighted by atomic mass is 10.0. The first-order valence-electron chi connectivity index (χ1n) is 4.24. The van der Waals surface area contributed by atoms with Crippen LogP contribution in [0.3, 0.4) is 0 Å². The SMILES string of the molecule is COC(=O)c1ccc([C](C)C)cc1Br. The molecule has 0 bridgehead atoms. The van der Waals surface area contributed by atoms with Gasteiger partial charge in [0.1, 0.15) is 0 Å². The van der Waals surface area contributed by atoms with Crippen molar-refractivity contribution in [1.82, 2.24) is 0 Å². The van der Waals surface area contributed by atoms with E-state index in [-0.39, 0.29) is 5.97 Å². The molecule has 0 fully saturated rings. The van der Waals surface area contributed by atoms with E-state index in [1.165, 1.54) is 13.0 Å². The highest BCUT2D eigenvalue weighted by Gasteiger charge is 2.11. The fourth-order valence-electron chi connectivity index (χ4n) is 1.10. The molecule has 0 unspecified atom stereocenters. The van der Waals surface area contributed by atoms with Crippen LogP contribution in [0.15, 0.2) is 22.7 Å². The predicted molar refractivity (Wildman–Crippen MR) is 59.2 cm³/mol. The van der Waals surface area contributed by atoms with Gasteiger partial charge in [-0.05, 0) is 39.5 Å². The van der Waals surface area contributed by atoms with Gasteiger partial charge >= 0.3 is 5.97 Å². The number of hydrogen-bond acceptors (Lipinski definition) is 2. The van der Waals surface area contributed by atoms with Crippen molar-refractivity contribution >= 4 is 21.9 Å². The first-order chi connectivity index (χ1) is 6.56. The van der Waals surface area contributed by atoms with Crippen molar-refractivity contribution < 1.29 is 9.53 Å². The van der Waals surface area contributed by atoms with Crippen molar-refractivity contribution in [2.24, 2.45) is 0 Å². The Kier molecular flexibility index (Phi) is 3.69. The Morgan fingerprint density at radius 2 is 2.00 bits per heavy atom. The molecule has 2 nitrogen and oxygen atoms in total. The molecule has 14 heavy (non-hydrogen) atoms. The van der Waals surface area contributed by atoms with Gasteiger partial charge in [-0.3, -0.25) is 0 Å². The summed E-state index contributed by atoms with van der Waals surface area (Å²) in [6.45, 7) is 4.05. The summed E-state index contributed by atoms with van der Waals surface area (Å²) in [4.78, 5) is 11.3. The van der Waals surface area contributed by atoms with Gasteiger partial charge in [0.05, 0.1) is 12.7 Å². The summed E-state index contributed by atoms with van der Waals surface area (Å²) < 4.78 is 5.41. The summed E-state index contributed by atoms with van der Waals surface area (Å²) in [6, 6.07) is 5.59. The van der Waals surface area contributed by atoms with E-state index in [1.54, 1.807) is 6.07 Å². The van der Waals surface area contributed by atoms with Crippen molar-refractivity contribution in [3.63, 3.8) is 0 Å². The molecular weight excluding hydrogens is 244 g/mol. The van der Waals surface area contributed by atoms with Gasteiger partial charge in [-0.25, -0.2) is 4.79 Å². The highest BCUT2D eigenvalue weighted by Crippen LogP contribution is 2.23. The van der Waals surface area contributed by atoms with Gasteiger partial charge in [-0.1, -0.05) is 19.9 Å². The first-order valence-corrected chi connectivity index (χ1v) is 5.04. The molecule has 0 aliphatic heterocycles. The van der Waals surface area contributed by atoms with E-state index < -0.39 is 0 Å². The number of halogens is 1. The lowest BCUT2D eigenvalue weighted by molar-refractivity contribution is 0.0599. The van der Waals surface area contributed by atoms with Crippen molar-refractivity contribution in [3.8, 4) is 0 Å². The number of carbonyl (C=O) groups is 1. The lowest BCUT2D eigenvalue weighted by Crippen LogP contribution is -2.03. The maximum absolute atomic E-state index is 11.3. The Balaban J connectivity index is 3.07. The number of esters is 1. The van der Waals surface area contributed by atoms with Gasteiger partial charge in [0, 0.05) is 4.47 Å². The minimum absolute atomic E-state index is 0.322. The third kappa shape index (κ3) is 2.35. The predicted octanol–water partition coefficient (Wildman–Crippen LogP) is 3.20. The smallest absolute Gasteiger partial charge is 0.338 e. The molecule has 3 heteroatoms. The van der Waals surface area contributed by atoms with E-state index in [9.17, 15) is 4.79 Å². The maximum atomic E-state index is 11.3. The fraction of sp³-hybridized carbons (Fsp3) is 0.273. The Morgan fingerprint density at radius 3 is 2.43 bits per heavy atom. The Labute approximate surface area is 92.4 Å². The second-order valence-corrected chi connectivity index (χ2v) is 4.04. The van der Waals surface area contributed by atoms with E-state index in [0.29, 0.717) is 5.56 Å². The summed E-state index contributed by atoms with van der Waals surface area (Å²) >= 11 is 3.34. The van der Waals surface area contributed by atoms with Crippen LogP contribution in [0.25, 0.3) is 0 Å². The minimum Gasteiger partial charge on any atom is -0.465 e. The zero-order valence-electron chi connectivity index (χ0n) is 8.43. The summed E-state index contributed by atoms with van der Waals surface area (Å²) in [5.41, 5.74) is 1.67. The van der Waals surface area contributed by atoms with Gasteiger partial charge in [0.25, 0.3) is 0 Å². The van der Waals surface area contributed by atoms with Crippen LogP contribution in [0.2, 0.25) is 0 Å². The molecule has 0 aliphatic carbocycles. The number of methoxy groups -OCH3 is 1. The van der Waals surface area contributed by atoms with Crippen LogP contribution >= 0.6 is 15.9 Å². The van der Waals surface area contributed by atoms with Crippen molar-refractivity contribution in [1.29, 1.82) is 0 Å². The van der Waals surface area contributed by atoms with Crippen molar-refractivity contribution in [2.45, 2.75) is 13.8 Å². The average Bonchev–Trinajstić information content (AvgIpc) is 2.16. The second-order valence-electron chi connectivity index (χ2n) is 3.19. The van der Waals surface area contributed by atoms with Gasteiger partial charge in [-0.15, -0.1) is 0 Å². The average molecular weight is 256 g/mol. The summed E-state index contributed by atoms with van der Waals surface area (Å²) in [7, 11) is 1.37. The number of carbonyl (C=O) groups excluding carboxylic acids is 1.